The zero-order valence-corrected chi connectivity index (χ0v) is 11.7. The molecule has 0 saturated carbocycles. The summed E-state index contributed by atoms with van der Waals surface area (Å²) in [5.41, 5.74) is 2.63. The fourth-order valence-electron chi connectivity index (χ4n) is 1.01. The van der Waals surface area contributed by atoms with Crippen molar-refractivity contribution in [3.63, 3.8) is 0 Å². The molecule has 0 nitrogen and oxygen atoms in total. The van der Waals surface area contributed by atoms with Crippen molar-refractivity contribution < 1.29 is 0 Å². The van der Waals surface area contributed by atoms with Crippen LogP contribution in [0.1, 0.15) is 52.5 Å². The summed E-state index contributed by atoms with van der Waals surface area (Å²) in [6, 6.07) is 10.3. The normalized spacial score (nSPS) is 8.06. The molecule has 0 aliphatic heterocycles. The standard InChI is InChI=1S/C7H8.C7H14.C2H6/c1-7-5-3-2-4-6-7;1-4-5-6-7(2)3;1-2/h2-6H,1H3;2,4-6H2,1,3H3;1-2H3. The molecule has 0 unspecified atom stereocenters. The largest absolute Gasteiger partial charge is 0.100 e. The van der Waals surface area contributed by atoms with Gasteiger partial charge in [-0.05, 0) is 26.7 Å². The SMILES string of the molecule is C=C(C)CCCC.CC.Cc1ccccc1. The van der Waals surface area contributed by atoms with Gasteiger partial charge in [0.1, 0.15) is 0 Å². The van der Waals surface area contributed by atoms with Crippen LogP contribution in [-0.2, 0) is 0 Å². The number of rotatable bonds is 3. The third-order valence-electron chi connectivity index (χ3n) is 1.90. The average molecular weight is 220 g/mol. The van der Waals surface area contributed by atoms with Gasteiger partial charge in [0.05, 0.1) is 0 Å². The van der Waals surface area contributed by atoms with Gasteiger partial charge in [-0.15, -0.1) is 6.58 Å². The first-order valence-corrected chi connectivity index (χ1v) is 6.32. The highest BCUT2D eigenvalue weighted by Crippen LogP contribution is 2.01. The predicted octanol–water partition coefficient (Wildman–Crippen LogP) is 5.77. The number of hydrogen-bond donors (Lipinski definition) is 0. The number of benzene rings is 1. The maximum absolute atomic E-state index is 3.79. The van der Waals surface area contributed by atoms with E-state index in [4.69, 9.17) is 0 Å². The Hall–Kier alpha value is -1.04. The van der Waals surface area contributed by atoms with E-state index in [0.717, 1.165) is 0 Å². The lowest BCUT2D eigenvalue weighted by atomic mass is 10.2. The third-order valence-corrected chi connectivity index (χ3v) is 1.90. The molecule has 0 aliphatic rings. The highest BCUT2D eigenvalue weighted by Gasteiger charge is 1.81. The summed E-state index contributed by atoms with van der Waals surface area (Å²) in [5.74, 6) is 0. The van der Waals surface area contributed by atoms with Crippen LogP contribution in [-0.4, -0.2) is 0 Å². The first kappa shape index (κ1) is 17.4. The average Bonchev–Trinajstić information content (AvgIpc) is 2.31. The maximum atomic E-state index is 3.79. The van der Waals surface area contributed by atoms with E-state index >= 15 is 0 Å². The van der Waals surface area contributed by atoms with Crippen molar-refractivity contribution in [3.05, 3.63) is 48.0 Å². The van der Waals surface area contributed by atoms with Gasteiger partial charge in [-0.2, -0.15) is 0 Å². The fourth-order valence-corrected chi connectivity index (χ4v) is 1.01. The molecule has 0 fully saturated rings. The van der Waals surface area contributed by atoms with E-state index in [-0.39, 0.29) is 0 Å². The molecule has 0 heterocycles. The lowest BCUT2D eigenvalue weighted by Gasteiger charge is -1.91. The van der Waals surface area contributed by atoms with E-state index in [0.29, 0.717) is 0 Å². The van der Waals surface area contributed by atoms with Crippen LogP contribution in [0.25, 0.3) is 0 Å². The molecule has 0 saturated heterocycles. The van der Waals surface area contributed by atoms with E-state index < -0.39 is 0 Å². The summed E-state index contributed by atoms with van der Waals surface area (Å²) < 4.78 is 0. The highest BCUT2D eigenvalue weighted by molar-refractivity contribution is 5.11. The molecular formula is C16H28. The summed E-state index contributed by atoms with van der Waals surface area (Å²) in [5, 5.41) is 0. The molecule has 16 heavy (non-hydrogen) atoms. The second kappa shape index (κ2) is 14.0. The topological polar surface area (TPSA) is 0 Å². The molecule has 1 aromatic carbocycles. The van der Waals surface area contributed by atoms with Gasteiger partial charge < -0.3 is 0 Å². The molecule has 0 N–H and O–H groups in total. The number of aryl methyl sites for hydroxylation is 1. The van der Waals surface area contributed by atoms with Crippen LogP contribution in [0.4, 0.5) is 0 Å². The third kappa shape index (κ3) is 15.4. The Morgan fingerprint density at radius 1 is 1.12 bits per heavy atom. The fraction of sp³-hybridized carbons (Fsp3) is 0.500. The van der Waals surface area contributed by atoms with Gasteiger partial charge >= 0.3 is 0 Å². The Labute approximate surface area is 102 Å². The second-order valence-corrected chi connectivity index (χ2v) is 3.72. The van der Waals surface area contributed by atoms with E-state index in [9.17, 15) is 0 Å². The minimum atomic E-state index is 1.20. The Kier molecular flexibility index (Phi) is 15.1. The lowest BCUT2D eigenvalue weighted by Crippen LogP contribution is -1.71. The van der Waals surface area contributed by atoms with Crippen molar-refractivity contribution in [1.29, 1.82) is 0 Å². The molecule has 0 spiro atoms. The quantitative estimate of drug-likeness (QED) is 0.567. The van der Waals surface area contributed by atoms with Crippen LogP contribution in [0.2, 0.25) is 0 Å². The Morgan fingerprint density at radius 2 is 1.62 bits per heavy atom. The Bertz CT molecular complexity index is 233. The van der Waals surface area contributed by atoms with Crippen molar-refractivity contribution in [3.8, 4) is 0 Å². The van der Waals surface area contributed by atoms with Gasteiger partial charge in [0.15, 0.2) is 0 Å². The Balaban J connectivity index is 0. The van der Waals surface area contributed by atoms with Crippen LogP contribution >= 0.6 is 0 Å². The molecule has 1 rings (SSSR count). The summed E-state index contributed by atoms with van der Waals surface area (Å²) in [6.45, 7) is 14.2. The highest BCUT2D eigenvalue weighted by atomic mass is 13.9. The van der Waals surface area contributed by atoms with Crippen molar-refractivity contribution >= 4 is 0 Å². The predicted molar refractivity (Wildman–Crippen MR) is 76.9 cm³/mol. The molecule has 0 amide bonds. The smallest absolute Gasteiger partial charge is 0.0326 e. The molecule has 0 aromatic heterocycles. The summed E-state index contributed by atoms with van der Waals surface area (Å²) in [6.07, 6.45) is 3.79. The number of hydrogen-bond acceptors (Lipinski definition) is 0. The monoisotopic (exact) mass is 220 g/mol. The summed E-state index contributed by atoms with van der Waals surface area (Å²) >= 11 is 0. The molecule has 0 aliphatic carbocycles. The number of allylic oxidation sites excluding steroid dienone is 1. The maximum Gasteiger partial charge on any atom is -0.0326 e. The first-order chi connectivity index (χ1) is 7.66. The van der Waals surface area contributed by atoms with Gasteiger partial charge in [-0.3, -0.25) is 0 Å². The van der Waals surface area contributed by atoms with Crippen LogP contribution in [0.3, 0.4) is 0 Å². The zero-order valence-electron chi connectivity index (χ0n) is 11.7. The molecule has 0 heteroatoms. The summed E-state index contributed by atoms with van der Waals surface area (Å²) in [4.78, 5) is 0. The van der Waals surface area contributed by atoms with Crippen LogP contribution in [0.5, 0.6) is 0 Å². The molecule has 92 valence electrons. The molecular weight excluding hydrogens is 192 g/mol. The van der Waals surface area contributed by atoms with Crippen LogP contribution < -0.4 is 0 Å². The van der Waals surface area contributed by atoms with Crippen molar-refractivity contribution in [2.75, 3.05) is 0 Å². The van der Waals surface area contributed by atoms with E-state index in [1.165, 1.54) is 30.4 Å². The van der Waals surface area contributed by atoms with Crippen LogP contribution in [0, 0.1) is 6.92 Å². The Morgan fingerprint density at radius 3 is 1.81 bits per heavy atom. The van der Waals surface area contributed by atoms with Crippen molar-refractivity contribution in [2.45, 2.75) is 53.9 Å². The molecule has 0 radical (unpaired) electrons. The van der Waals surface area contributed by atoms with E-state index in [1.807, 2.05) is 32.0 Å². The van der Waals surface area contributed by atoms with Crippen molar-refractivity contribution in [2.24, 2.45) is 0 Å². The summed E-state index contributed by atoms with van der Waals surface area (Å²) in [7, 11) is 0. The van der Waals surface area contributed by atoms with Gasteiger partial charge in [0, 0.05) is 0 Å². The van der Waals surface area contributed by atoms with Gasteiger partial charge in [-0.1, -0.05) is 68.7 Å². The lowest BCUT2D eigenvalue weighted by molar-refractivity contribution is 0.789. The minimum Gasteiger partial charge on any atom is -0.100 e. The molecule has 0 bridgehead atoms. The van der Waals surface area contributed by atoms with Crippen LogP contribution in [0.15, 0.2) is 42.5 Å². The van der Waals surface area contributed by atoms with Crippen molar-refractivity contribution in [1.82, 2.24) is 0 Å². The van der Waals surface area contributed by atoms with Gasteiger partial charge in [0.2, 0.25) is 0 Å². The first-order valence-electron chi connectivity index (χ1n) is 6.32. The molecule has 1 aromatic rings. The van der Waals surface area contributed by atoms with E-state index in [2.05, 4.69) is 39.5 Å². The van der Waals surface area contributed by atoms with E-state index in [1.54, 1.807) is 0 Å². The second-order valence-electron chi connectivity index (χ2n) is 3.72. The minimum absolute atomic E-state index is 1.20. The molecule has 0 atom stereocenters. The van der Waals surface area contributed by atoms with Gasteiger partial charge in [-0.25, -0.2) is 0 Å². The van der Waals surface area contributed by atoms with Gasteiger partial charge in [0.25, 0.3) is 0 Å². The zero-order chi connectivity index (χ0) is 12.8. The number of unbranched alkanes of at least 4 members (excludes halogenated alkanes) is 1.